The van der Waals surface area contributed by atoms with Crippen molar-refractivity contribution in [3.8, 4) is 0 Å². The van der Waals surface area contributed by atoms with Crippen molar-refractivity contribution in [1.29, 1.82) is 0 Å². The average Bonchev–Trinajstić information content (AvgIpc) is 1.25. The maximum Gasteiger partial charge on any atom is 0.431 e. The number of hydrogen-bond donors (Lipinski definition) is 0. The lowest BCUT2D eigenvalue weighted by atomic mass is 10.8. The third-order valence-electron chi connectivity index (χ3n) is 0.321. The molecule has 0 spiro atoms. The van der Waals surface area contributed by atoms with Gasteiger partial charge in [0.25, 0.3) is 3.24 Å². The first-order valence-electron chi connectivity index (χ1n) is 1.38. The molecule has 0 N–H and O–H groups in total. The Labute approximate surface area is 62.1 Å². The third-order valence-corrected chi connectivity index (χ3v) is 1.20. The molecule has 0 radical (unpaired) electrons. The molecular weight excluding hydrogens is 232 g/mol. The van der Waals surface area contributed by atoms with Crippen molar-refractivity contribution in [3.63, 3.8) is 0 Å². The van der Waals surface area contributed by atoms with Gasteiger partial charge in [0.05, 0.1) is 0 Å². The lowest BCUT2D eigenvalue weighted by Crippen LogP contribution is -2.26. The van der Waals surface area contributed by atoms with Gasteiger partial charge in [-0.15, -0.1) is 0 Å². The smallest absolute Gasteiger partial charge is 0.167 e. The molecule has 50 valence electrons. The summed E-state index contributed by atoms with van der Waals surface area (Å²) < 4.78 is 30.9. The standard InChI is InChI=1S/C2BrCl2F3/c3-1(4,5)2(6,7)8. The fourth-order valence-electron chi connectivity index (χ4n) is 0. The second-order valence-corrected chi connectivity index (χ2v) is 4.43. The molecule has 0 aliphatic carbocycles. The van der Waals surface area contributed by atoms with Crippen LogP contribution in [0.5, 0.6) is 0 Å². The van der Waals surface area contributed by atoms with Gasteiger partial charge in [-0.05, 0) is 15.9 Å². The first kappa shape index (κ1) is 8.85. The summed E-state index contributed by atoms with van der Waals surface area (Å²) in [5.41, 5.74) is 0. The monoisotopic (exact) mass is 230 g/mol. The molecule has 0 saturated heterocycles. The van der Waals surface area contributed by atoms with E-state index in [1.165, 1.54) is 0 Å². The fourth-order valence-corrected chi connectivity index (χ4v) is 0. The largest absolute Gasteiger partial charge is 0.431 e. The Morgan fingerprint density at radius 3 is 1.25 bits per heavy atom. The van der Waals surface area contributed by atoms with Gasteiger partial charge < -0.3 is 0 Å². The quantitative estimate of drug-likeness (QED) is 0.563. The van der Waals surface area contributed by atoms with Gasteiger partial charge in [-0.25, -0.2) is 0 Å². The van der Waals surface area contributed by atoms with Crippen LogP contribution in [-0.4, -0.2) is 9.42 Å². The highest BCUT2D eigenvalue weighted by Gasteiger charge is 2.50. The Morgan fingerprint density at radius 2 is 1.25 bits per heavy atom. The zero-order chi connectivity index (χ0) is 7.00. The Morgan fingerprint density at radius 1 is 1.12 bits per heavy atom. The Balaban J connectivity index is 4.02. The summed E-state index contributed by atoms with van der Waals surface area (Å²) in [6.45, 7) is 0. The van der Waals surface area contributed by atoms with E-state index in [0.29, 0.717) is 0 Å². The van der Waals surface area contributed by atoms with Crippen LogP contribution >= 0.6 is 39.1 Å². The molecular formula is C2BrCl2F3. The van der Waals surface area contributed by atoms with Crippen molar-refractivity contribution in [2.75, 3.05) is 0 Å². The van der Waals surface area contributed by atoms with Crippen molar-refractivity contribution < 1.29 is 13.2 Å². The van der Waals surface area contributed by atoms with Crippen LogP contribution in [0.1, 0.15) is 0 Å². The van der Waals surface area contributed by atoms with Gasteiger partial charge in [-0.2, -0.15) is 13.2 Å². The molecule has 0 aromatic carbocycles. The van der Waals surface area contributed by atoms with Gasteiger partial charge in [0, 0.05) is 0 Å². The molecule has 0 aliphatic heterocycles. The number of hydrogen-bond acceptors (Lipinski definition) is 0. The van der Waals surface area contributed by atoms with Crippen molar-refractivity contribution >= 4 is 39.1 Å². The van der Waals surface area contributed by atoms with Crippen LogP contribution in [0.15, 0.2) is 0 Å². The van der Waals surface area contributed by atoms with E-state index < -0.39 is 9.42 Å². The molecule has 0 atom stereocenters. The van der Waals surface area contributed by atoms with Gasteiger partial charge in [0.1, 0.15) is 0 Å². The molecule has 0 aromatic rings. The first-order chi connectivity index (χ1) is 3.25. The topological polar surface area (TPSA) is 0 Å². The average molecular weight is 232 g/mol. The summed E-state index contributed by atoms with van der Waals surface area (Å²) in [7, 11) is 0. The van der Waals surface area contributed by atoms with Crippen LogP contribution in [0.3, 0.4) is 0 Å². The van der Waals surface area contributed by atoms with E-state index >= 15 is 0 Å². The van der Waals surface area contributed by atoms with Gasteiger partial charge in [0.15, 0.2) is 0 Å². The lowest BCUT2D eigenvalue weighted by Gasteiger charge is -2.14. The maximum atomic E-state index is 11.3. The molecule has 6 heteroatoms. The minimum Gasteiger partial charge on any atom is -0.167 e. The molecule has 0 amide bonds. The highest BCUT2D eigenvalue weighted by molar-refractivity contribution is 9.11. The van der Waals surface area contributed by atoms with E-state index in [0.717, 1.165) is 0 Å². The summed E-state index contributed by atoms with van der Waals surface area (Å²) in [5, 5.41) is 0. The summed E-state index contributed by atoms with van der Waals surface area (Å²) in [6.07, 6.45) is -4.61. The van der Waals surface area contributed by atoms with E-state index in [4.69, 9.17) is 0 Å². The molecule has 0 saturated carbocycles. The van der Waals surface area contributed by atoms with Crippen molar-refractivity contribution in [2.24, 2.45) is 0 Å². The van der Waals surface area contributed by atoms with Crippen LogP contribution < -0.4 is 0 Å². The lowest BCUT2D eigenvalue weighted by molar-refractivity contribution is -0.121. The van der Waals surface area contributed by atoms with Crippen molar-refractivity contribution in [1.82, 2.24) is 0 Å². The Hall–Kier alpha value is 0.850. The molecule has 0 heterocycles. The SMILES string of the molecule is FC(F)(F)C(Cl)(Cl)Br. The number of halogens is 6. The van der Waals surface area contributed by atoms with Gasteiger partial charge in [-0.1, -0.05) is 23.2 Å². The summed E-state index contributed by atoms with van der Waals surface area (Å²) in [6, 6.07) is 0. The highest BCUT2D eigenvalue weighted by Crippen LogP contribution is 2.44. The van der Waals surface area contributed by atoms with Crippen molar-refractivity contribution in [3.05, 3.63) is 0 Å². The highest BCUT2D eigenvalue weighted by atomic mass is 79.9. The number of rotatable bonds is 0. The van der Waals surface area contributed by atoms with Gasteiger partial charge in [-0.3, -0.25) is 0 Å². The zero-order valence-electron chi connectivity index (χ0n) is 3.27. The fraction of sp³-hybridized carbons (Fsp3) is 1.00. The van der Waals surface area contributed by atoms with Crippen LogP contribution in [0.4, 0.5) is 13.2 Å². The maximum absolute atomic E-state index is 11.3. The molecule has 0 aliphatic rings. The van der Waals surface area contributed by atoms with Crippen LogP contribution in [0, 0.1) is 0 Å². The molecule has 8 heavy (non-hydrogen) atoms. The second kappa shape index (κ2) is 2.23. The van der Waals surface area contributed by atoms with Crippen LogP contribution in [0.2, 0.25) is 0 Å². The molecule has 0 rings (SSSR count). The molecule has 0 nitrogen and oxygen atoms in total. The van der Waals surface area contributed by atoms with E-state index in [1.807, 2.05) is 15.9 Å². The molecule has 0 fully saturated rings. The number of alkyl halides is 6. The predicted octanol–water partition coefficient (Wildman–Crippen LogP) is 3.08. The Bertz CT molecular complexity index is 70.3. The van der Waals surface area contributed by atoms with Gasteiger partial charge >= 0.3 is 6.18 Å². The summed E-state index contributed by atoms with van der Waals surface area (Å²) in [5.74, 6) is 0. The van der Waals surface area contributed by atoms with Crippen LogP contribution in [0.25, 0.3) is 0 Å². The predicted molar refractivity (Wildman–Crippen MR) is 29.4 cm³/mol. The van der Waals surface area contributed by atoms with Crippen molar-refractivity contribution in [2.45, 2.75) is 9.42 Å². The molecule has 0 unspecified atom stereocenters. The van der Waals surface area contributed by atoms with E-state index in [1.54, 1.807) is 0 Å². The summed E-state index contributed by atoms with van der Waals surface area (Å²) >= 11 is 11.1. The molecule has 0 aromatic heterocycles. The minimum atomic E-state index is -4.61. The summed E-state index contributed by atoms with van der Waals surface area (Å²) in [4.78, 5) is 0. The second-order valence-electron chi connectivity index (χ2n) is 0.996. The van der Waals surface area contributed by atoms with E-state index in [2.05, 4.69) is 23.2 Å². The zero-order valence-corrected chi connectivity index (χ0v) is 6.37. The normalized spacial score (nSPS) is 14.2. The van der Waals surface area contributed by atoms with E-state index in [9.17, 15) is 13.2 Å². The third kappa shape index (κ3) is 2.42. The van der Waals surface area contributed by atoms with Crippen LogP contribution in [-0.2, 0) is 0 Å². The molecule has 0 bridgehead atoms. The Kier molecular flexibility index (Phi) is 2.47. The van der Waals surface area contributed by atoms with E-state index in [-0.39, 0.29) is 0 Å². The minimum absolute atomic E-state index is 2.00. The van der Waals surface area contributed by atoms with Gasteiger partial charge in [0.2, 0.25) is 0 Å². The first-order valence-corrected chi connectivity index (χ1v) is 2.93.